The first-order valence-corrected chi connectivity index (χ1v) is 9.04. The van der Waals surface area contributed by atoms with Gasteiger partial charge in [0.05, 0.1) is 11.3 Å². The lowest BCUT2D eigenvalue weighted by Crippen LogP contribution is -2.19. The van der Waals surface area contributed by atoms with Gasteiger partial charge in [-0.15, -0.1) is 0 Å². The van der Waals surface area contributed by atoms with Gasteiger partial charge in [0.2, 0.25) is 0 Å². The standard InChI is InChI=1S/C17H16FNO4S/c18-13-7-3-4-8-15(13)24(22,23)19-14-10-9-11-5-1-2-6-12(11)16(14)17(20)21/h3-4,7-10,19H,1-2,5-6H2,(H,20,21). The van der Waals surface area contributed by atoms with Crippen LogP contribution in [0.5, 0.6) is 0 Å². The lowest BCUT2D eigenvalue weighted by Gasteiger charge is -2.20. The summed E-state index contributed by atoms with van der Waals surface area (Å²) in [6.45, 7) is 0. The normalized spacial score (nSPS) is 14.0. The summed E-state index contributed by atoms with van der Waals surface area (Å²) in [4.78, 5) is 11.2. The highest BCUT2D eigenvalue weighted by molar-refractivity contribution is 7.92. The molecule has 0 saturated heterocycles. The number of halogens is 1. The lowest BCUT2D eigenvalue weighted by molar-refractivity contribution is 0.0696. The zero-order valence-corrected chi connectivity index (χ0v) is 13.6. The fraction of sp³-hybridized carbons (Fsp3) is 0.235. The van der Waals surface area contributed by atoms with Gasteiger partial charge in [0.1, 0.15) is 10.7 Å². The number of nitrogens with one attached hydrogen (secondary N) is 1. The Kier molecular flexibility index (Phi) is 4.28. The van der Waals surface area contributed by atoms with Gasteiger partial charge in [0.15, 0.2) is 0 Å². The molecule has 3 rings (SSSR count). The average Bonchev–Trinajstić information content (AvgIpc) is 2.54. The Morgan fingerprint density at radius 3 is 2.50 bits per heavy atom. The van der Waals surface area contributed by atoms with Crippen LogP contribution in [0.2, 0.25) is 0 Å². The van der Waals surface area contributed by atoms with Crippen molar-refractivity contribution in [3.8, 4) is 0 Å². The molecule has 0 spiro atoms. The molecule has 0 aliphatic heterocycles. The molecule has 2 aromatic rings. The van der Waals surface area contributed by atoms with E-state index in [4.69, 9.17) is 0 Å². The highest BCUT2D eigenvalue weighted by Gasteiger charge is 2.25. The van der Waals surface area contributed by atoms with Crippen molar-refractivity contribution in [3.05, 3.63) is 58.9 Å². The van der Waals surface area contributed by atoms with Crippen LogP contribution in [0.1, 0.15) is 34.3 Å². The van der Waals surface area contributed by atoms with E-state index in [9.17, 15) is 22.7 Å². The number of hydrogen-bond acceptors (Lipinski definition) is 3. The van der Waals surface area contributed by atoms with Gasteiger partial charge in [0, 0.05) is 0 Å². The van der Waals surface area contributed by atoms with Crippen LogP contribution >= 0.6 is 0 Å². The van der Waals surface area contributed by atoms with E-state index in [1.54, 1.807) is 6.07 Å². The van der Waals surface area contributed by atoms with Gasteiger partial charge in [-0.05, 0) is 55.0 Å². The predicted octanol–water partition coefficient (Wildman–Crippen LogP) is 3.20. The first kappa shape index (κ1) is 16.4. The summed E-state index contributed by atoms with van der Waals surface area (Å²) in [6, 6.07) is 8.14. The number of anilines is 1. The highest BCUT2D eigenvalue weighted by atomic mass is 32.2. The van der Waals surface area contributed by atoms with Gasteiger partial charge >= 0.3 is 5.97 Å². The van der Waals surface area contributed by atoms with E-state index in [0.29, 0.717) is 12.0 Å². The van der Waals surface area contributed by atoms with Crippen molar-refractivity contribution in [2.45, 2.75) is 30.6 Å². The molecule has 126 valence electrons. The number of hydrogen-bond donors (Lipinski definition) is 2. The minimum absolute atomic E-state index is 0.0357. The summed E-state index contributed by atoms with van der Waals surface area (Å²) < 4.78 is 40.9. The minimum atomic E-state index is -4.21. The van der Waals surface area contributed by atoms with Gasteiger partial charge < -0.3 is 5.11 Å². The molecule has 0 atom stereocenters. The molecular weight excluding hydrogens is 333 g/mol. The van der Waals surface area contributed by atoms with Gasteiger partial charge in [-0.25, -0.2) is 17.6 Å². The number of rotatable bonds is 4. The summed E-state index contributed by atoms with van der Waals surface area (Å²) in [6.07, 6.45) is 3.20. The summed E-state index contributed by atoms with van der Waals surface area (Å²) >= 11 is 0. The Morgan fingerprint density at radius 1 is 1.08 bits per heavy atom. The maximum absolute atomic E-state index is 13.8. The molecule has 0 amide bonds. The zero-order valence-electron chi connectivity index (χ0n) is 12.8. The Morgan fingerprint density at radius 2 is 1.79 bits per heavy atom. The van der Waals surface area contributed by atoms with Crippen molar-refractivity contribution in [1.29, 1.82) is 0 Å². The quantitative estimate of drug-likeness (QED) is 0.888. The number of aromatic carboxylic acids is 1. The van der Waals surface area contributed by atoms with Crippen LogP contribution in [-0.2, 0) is 22.9 Å². The molecule has 0 fully saturated rings. The van der Waals surface area contributed by atoms with E-state index in [0.717, 1.165) is 37.0 Å². The van der Waals surface area contributed by atoms with Crippen LogP contribution in [0, 0.1) is 5.82 Å². The summed E-state index contributed by atoms with van der Waals surface area (Å²) in [5, 5.41) is 9.53. The topological polar surface area (TPSA) is 83.5 Å². The van der Waals surface area contributed by atoms with Gasteiger partial charge in [-0.2, -0.15) is 0 Å². The molecule has 5 nitrogen and oxygen atoms in total. The maximum Gasteiger partial charge on any atom is 0.338 e. The lowest BCUT2D eigenvalue weighted by atomic mass is 9.87. The van der Waals surface area contributed by atoms with Crippen LogP contribution in [0.15, 0.2) is 41.3 Å². The second-order valence-electron chi connectivity index (χ2n) is 5.67. The van der Waals surface area contributed by atoms with E-state index in [-0.39, 0.29) is 11.3 Å². The first-order valence-electron chi connectivity index (χ1n) is 7.55. The monoisotopic (exact) mass is 349 g/mol. The molecule has 0 radical (unpaired) electrons. The molecule has 2 N–H and O–H groups in total. The van der Waals surface area contributed by atoms with Crippen LogP contribution in [0.3, 0.4) is 0 Å². The second kappa shape index (κ2) is 6.24. The summed E-state index contributed by atoms with van der Waals surface area (Å²) in [5.74, 6) is -2.08. The van der Waals surface area contributed by atoms with Crippen molar-refractivity contribution in [2.75, 3.05) is 4.72 Å². The minimum Gasteiger partial charge on any atom is -0.478 e. The number of sulfonamides is 1. The first-order chi connectivity index (χ1) is 11.4. The Hall–Kier alpha value is -2.41. The molecule has 0 bridgehead atoms. The Balaban J connectivity index is 2.07. The average molecular weight is 349 g/mol. The fourth-order valence-electron chi connectivity index (χ4n) is 3.02. The largest absolute Gasteiger partial charge is 0.478 e. The summed E-state index contributed by atoms with van der Waals surface area (Å²) in [7, 11) is -4.21. The third-order valence-corrected chi connectivity index (χ3v) is 5.52. The molecule has 0 aromatic heterocycles. The fourth-order valence-corrected chi connectivity index (χ4v) is 4.17. The van der Waals surface area contributed by atoms with Gasteiger partial charge in [-0.1, -0.05) is 18.2 Å². The van der Waals surface area contributed by atoms with E-state index >= 15 is 0 Å². The summed E-state index contributed by atoms with van der Waals surface area (Å²) in [5.41, 5.74) is 1.49. The predicted molar refractivity (Wildman–Crippen MR) is 87.3 cm³/mol. The maximum atomic E-state index is 13.8. The molecule has 0 unspecified atom stereocenters. The highest BCUT2D eigenvalue weighted by Crippen LogP contribution is 2.31. The molecule has 1 aliphatic carbocycles. The second-order valence-corrected chi connectivity index (χ2v) is 7.32. The van der Waals surface area contributed by atoms with Crippen molar-refractivity contribution >= 4 is 21.7 Å². The number of benzene rings is 2. The molecular formula is C17H16FNO4S. The zero-order chi connectivity index (χ0) is 17.3. The Bertz CT molecular complexity index is 909. The van der Waals surface area contributed by atoms with Crippen LogP contribution in [-0.4, -0.2) is 19.5 Å². The van der Waals surface area contributed by atoms with Crippen LogP contribution in [0.25, 0.3) is 0 Å². The number of carboxylic acid groups (broad SMARTS) is 1. The molecule has 1 aliphatic rings. The SMILES string of the molecule is O=C(O)c1c(NS(=O)(=O)c2ccccc2F)ccc2c1CCCC2. The molecule has 24 heavy (non-hydrogen) atoms. The number of aryl methyl sites for hydroxylation is 1. The van der Waals surface area contributed by atoms with Crippen molar-refractivity contribution in [1.82, 2.24) is 0 Å². The van der Waals surface area contributed by atoms with Crippen molar-refractivity contribution in [3.63, 3.8) is 0 Å². The van der Waals surface area contributed by atoms with E-state index < -0.39 is 26.7 Å². The number of carbonyl (C=O) groups is 1. The molecule has 0 heterocycles. The van der Waals surface area contributed by atoms with E-state index in [1.165, 1.54) is 18.2 Å². The van der Waals surface area contributed by atoms with Crippen molar-refractivity contribution in [2.24, 2.45) is 0 Å². The van der Waals surface area contributed by atoms with Gasteiger partial charge in [0.25, 0.3) is 10.0 Å². The van der Waals surface area contributed by atoms with E-state index in [2.05, 4.69) is 4.72 Å². The van der Waals surface area contributed by atoms with E-state index in [1.807, 2.05) is 0 Å². The Labute approximate surface area is 139 Å². The number of carboxylic acids is 1. The van der Waals surface area contributed by atoms with Crippen LogP contribution in [0.4, 0.5) is 10.1 Å². The molecule has 7 heteroatoms. The molecule has 2 aromatic carbocycles. The third kappa shape index (κ3) is 2.99. The third-order valence-electron chi connectivity index (χ3n) is 4.12. The van der Waals surface area contributed by atoms with Gasteiger partial charge in [-0.3, -0.25) is 4.72 Å². The molecule has 0 saturated carbocycles. The smallest absolute Gasteiger partial charge is 0.338 e. The van der Waals surface area contributed by atoms with Crippen LogP contribution < -0.4 is 4.72 Å². The number of fused-ring (bicyclic) bond motifs is 1. The van der Waals surface area contributed by atoms with Crippen molar-refractivity contribution < 1.29 is 22.7 Å².